The third-order valence-corrected chi connectivity index (χ3v) is 8.17. The average Bonchev–Trinajstić information content (AvgIpc) is 3.58. The van der Waals surface area contributed by atoms with Gasteiger partial charge in [0.05, 0.1) is 18.8 Å². The van der Waals surface area contributed by atoms with E-state index >= 15 is 0 Å². The summed E-state index contributed by atoms with van der Waals surface area (Å²) in [6.07, 6.45) is 3.51. The van der Waals surface area contributed by atoms with Gasteiger partial charge in [0.25, 0.3) is 17.4 Å². The first-order valence-corrected chi connectivity index (χ1v) is 14.1. The molecule has 42 heavy (non-hydrogen) atoms. The number of hydrogen-bond donors (Lipinski definition) is 1. The fourth-order valence-corrected chi connectivity index (χ4v) is 5.58. The van der Waals surface area contributed by atoms with Crippen molar-refractivity contribution in [3.8, 4) is 5.75 Å². The van der Waals surface area contributed by atoms with Crippen molar-refractivity contribution in [2.45, 2.75) is 52.3 Å². The maximum Gasteiger partial charge on any atom is 0.266 e. The highest BCUT2D eigenvalue weighted by molar-refractivity contribution is 5.93. The number of likely N-dealkylation sites (N-methyl/N-ethyl adjacent to an activating group) is 1. The van der Waals surface area contributed by atoms with E-state index in [2.05, 4.69) is 15.6 Å². The number of pyridine rings is 1. The van der Waals surface area contributed by atoms with Crippen LogP contribution in [0.1, 0.15) is 53.5 Å². The Morgan fingerprint density at radius 3 is 2.67 bits per heavy atom. The van der Waals surface area contributed by atoms with Gasteiger partial charge in [0, 0.05) is 51.8 Å². The lowest BCUT2D eigenvalue weighted by Gasteiger charge is -2.31. The summed E-state index contributed by atoms with van der Waals surface area (Å²) in [4.78, 5) is 56.0. The molecular formula is C30H37N7O5. The number of amides is 3. The smallest absolute Gasteiger partial charge is 0.266 e. The van der Waals surface area contributed by atoms with Gasteiger partial charge in [-0.05, 0) is 57.0 Å². The molecule has 1 N–H and O–H groups in total. The summed E-state index contributed by atoms with van der Waals surface area (Å²) in [5.74, 6) is -0.388. The largest absolute Gasteiger partial charge is 0.478 e. The van der Waals surface area contributed by atoms with E-state index < -0.39 is 17.1 Å². The summed E-state index contributed by atoms with van der Waals surface area (Å²) in [6.45, 7) is 8.73. The Balaban J connectivity index is 1.42. The summed E-state index contributed by atoms with van der Waals surface area (Å²) in [6, 6.07) is 8.60. The van der Waals surface area contributed by atoms with E-state index in [-0.39, 0.29) is 55.4 Å². The van der Waals surface area contributed by atoms with Gasteiger partial charge in [0.2, 0.25) is 5.91 Å². The minimum Gasteiger partial charge on any atom is -0.478 e. The van der Waals surface area contributed by atoms with Gasteiger partial charge in [-0.2, -0.15) is 0 Å². The number of carbonyl (C=O) groups excluding carboxylic acids is 3. The monoisotopic (exact) mass is 575 g/mol. The van der Waals surface area contributed by atoms with Gasteiger partial charge in [-0.3, -0.25) is 19.2 Å². The lowest BCUT2D eigenvalue weighted by molar-refractivity contribution is -0.144. The quantitative estimate of drug-likeness (QED) is 0.501. The van der Waals surface area contributed by atoms with Crippen molar-refractivity contribution in [1.82, 2.24) is 34.7 Å². The molecule has 0 spiro atoms. The van der Waals surface area contributed by atoms with Gasteiger partial charge in [-0.15, -0.1) is 5.10 Å². The van der Waals surface area contributed by atoms with E-state index in [4.69, 9.17) is 4.74 Å². The first kappa shape index (κ1) is 29.0. The summed E-state index contributed by atoms with van der Waals surface area (Å²) >= 11 is 0. The van der Waals surface area contributed by atoms with Crippen molar-refractivity contribution in [3.63, 3.8) is 0 Å². The number of hydrogen-bond acceptors (Lipinski definition) is 7. The van der Waals surface area contributed by atoms with Crippen molar-refractivity contribution in [2.24, 2.45) is 5.92 Å². The van der Waals surface area contributed by atoms with Crippen LogP contribution in [0.3, 0.4) is 0 Å². The summed E-state index contributed by atoms with van der Waals surface area (Å²) in [5, 5.41) is 11.5. The molecular weight excluding hydrogens is 538 g/mol. The molecule has 0 unspecified atom stereocenters. The van der Waals surface area contributed by atoms with E-state index in [1.165, 1.54) is 15.5 Å². The molecule has 2 aliphatic heterocycles. The molecule has 2 aromatic heterocycles. The van der Waals surface area contributed by atoms with Crippen molar-refractivity contribution < 1.29 is 19.1 Å². The second-order valence-corrected chi connectivity index (χ2v) is 11.7. The third kappa shape index (κ3) is 5.79. The van der Waals surface area contributed by atoms with E-state index in [0.717, 1.165) is 11.1 Å². The second-order valence-electron chi connectivity index (χ2n) is 11.7. The van der Waals surface area contributed by atoms with E-state index in [1.54, 1.807) is 48.9 Å². The molecule has 0 aliphatic carbocycles. The standard InChI is InChI=1S/C30H37N7O5/c1-19-8-6-10-25(20(19)2)42-30(3,4)29(41)36-15-21-14-26(38)31-11-13-34(5)27(39)23-9-7-12-35(28(23)40)16-22-17-37(33-32-22)24(21)18-36/h6-10,12,17,21,24H,11,13-16,18H2,1-5H3,(H,31,38)/t21-,24+/m0/s1. The Hall–Kier alpha value is -4.48. The first-order chi connectivity index (χ1) is 19.9. The number of aryl methyl sites for hydroxylation is 1. The molecule has 0 radical (unpaired) electrons. The zero-order valence-corrected chi connectivity index (χ0v) is 24.7. The van der Waals surface area contributed by atoms with E-state index in [9.17, 15) is 19.2 Å². The zero-order chi connectivity index (χ0) is 30.2. The van der Waals surface area contributed by atoms with Gasteiger partial charge in [0.15, 0.2) is 5.60 Å². The molecule has 4 heterocycles. The van der Waals surface area contributed by atoms with Crippen LogP contribution in [0, 0.1) is 19.8 Å². The van der Waals surface area contributed by atoms with Crippen LogP contribution in [-0.4, -0.2) is 85.9 Å². The number of nitrogens with zero attached hydrogens (tertiary/aromatic N) is 6. The third-order valence-electron chi connectivity index (χ3n) is 8.17. The number of aromatic nitrogens is 4. The van der Waals surface area contributed by atoms with Crippen LogP contribution in [0.5, 0.6) is 5.75 Å². The van der Waals surface area contributed by atoms with Crippen LogP contribution in [0.25, 0.3) is 0 Å². The maximum atomic E-state index is 13.8. The highest BCUT2D eigenvalue weighted by Crippen LogP contribution is 2.33. The van der Waals surface area contributed by atoms with Crippen LogP contribution < -0.4 is 15.6 Å². The van der Waals surface area contributed by atoms with Gasteiger partial charge in [-0.1, -0.05) is 17.3 Å². The highest BCUT2D eigenvalue weighted by atomic mass is 16.5. The zero-order valence-electron chi connectivity index (χ0n) is 24.7. The SMILES string of the molecule is Cc1cccc(OC(C)(C)C(=O)N2C[C@@H]3CC(=O)NCCN(C)C(=O)c4cccn(c4=O)Cc4cn(nn4)[C@@H]3C2)c1C. The fourth-order valence-electron chi connectivity index (χ4n) is 5.58. The Morgan fingerprint density at radius 2 is 1.88 bits per heavy atom. The molecule has 3 aromatic rings. The Morgan fingerprint density at radius 1 is 1.10 bits per heavy atom. The van der Waals surface area contributed by atoms with Gasteiger partial charge in [-0.25, -0.2) is 4.68 Å². The lowest BCUT2D eigenvalue weighted by Crippen LogP contribution is -2.48. The molecule has 2 atom stereocenters. The van der Waals surface area contributed by atoms with Gasteiger partial charge >= 0.3 is 0 Å². The van der Waals surface area contributed by atoms with Crippen molar-refractivity contribution in [3.05, 3.63) is 75.5 Å². The Labute approximate surface area is 244 Å². The molecule has 2 aliphatic rings. The van der Waals surface area contributed by atoms with Crippen LogP contribution in [0.15, 0.2) is 47.5 Å². The molecule has 1 fully saturated rings. The molecule has 3 amide bonds. The van der Waals surface area contributed by atoms with Crippen LogP contribution in [0.4, 0.5) is 0 Å². The molecule has 12 heteroatoms. The predicted octanol–water partition coefficient (Wildman–Crippen LogP) is 1.55. The number of nitrogens with one attached hydrogen (secondary N) is 1. The molecule has 12 nitrogen and oxygen atoms in total. The number of rotatable bonds is 3. The first-order valence-electron chi connectivity index (χ1n) is 14.1. The molecule has 222 valence electrons. The fraction of sp³-hybridized carbons (Fsp3) is 0.467. The lowest BCUT2D eigenvalue weighted by atomic mass is 9.99. The summed E-state index contributed by atoms with van der Waals surface area (Å²) < 4.78 is 9.35. The number of carbonyl (C=O) groups is 3. The number of ether oxygens (including phenoxy) is 1. The molecule has 1 aromatic carbocycles. The topological polar surface area (TPSA) is 132 Å². The second kappa shape index (κ2) is 11.4. The molecule has 1 saturated heterocycles. The molecule has 0 saturated carbocycles. The highest BCUT2D eigenvalue weighted by Gasteiger charge is 2.43. The number of likely N-dealkylation sites (tertiary alicyclic amines) is 1. The summed E-state index contributed by atoms with van der Waals surface area (Å²) in [5.41, 5.74) is 1.04. The van der Waals surface area contributed by atoms with Crippen LogP contribution in [-0.2, 0) is 16.1 Å². The van der Waals surface area contributed by atoms with Crippen LogP contribution >= 0.6 is 0 Å². The van der Waals surface area contributed by atoms with Gasteiger partial charge in [0.1, 0.15) is 17.0 Å². The normalized spacial score (nSPS) is 19.8. The molecule has 4 bridgehead atoms. The Kier molecular flexibility index (Phi) is 7.89. The van der Waals surface area contributed by atoms with Crippen molar-refractivity contribution >= 4 is 17.7 Å². The minimum atomic E-state index is -1.15. The van der Waals surface area contributed by atoms with Crippen molar-refractivity contribution in [2.75, 3.05) is 33.2 Å². The number of benzene rings is 1. The van der Waals surface area contributed by atoms with E-state index in [1.807, 2.05) is 32.0 Å². The average molecular weight is 576 g/mol. The maximum absolute atomic E-state index is 13.8. The van der Waals surface area contributed by atoms with Crippen LogP contribution in [0.2, 0.25) is 0 Å². The summed E-state index contributed by atoms with van der Waals surface area (Å²) in [7, 11) is 1.60. The Bertz CT molecular complexity index is 1580. The molecule has 5 rings (SSSR count). The van der Waals surface area contributed by atoms with Crippen molar-refractivity contribution in [1.29, 1.82) is 0 Å². The van der Waals surface area contributed by atoms with E-state index in [0.29, 0.717) is 24.5 Å². The van der Waals surface area contributed by atoms with Gasteiger partial charge < -0.3 is 24.4 Å². The minimum absolute atomic E-state index is 0.0431. The number of fused-ring (bicyclic) bond motifs is 6. The predicted molar refractivity (Wildman–Crippen MR) is 154 cm³/mol.